The van der Waals surface area contributed by atoms with E-state index in [0.717, 1.165) is 6.42 Å². The molecule has 2 nitrogen and oxygen atoms in total. The molecule has 0 aliphatic heterocycles. The van der Waals surface area contributed by atoms with Crippen LogP contribution in [-0.2, 0) is 9.53 Å². The molecular weight excluding hydrogens is 140 g/mol. The van der Waals surface area contributed by atoms with Crippen LogP contribution in [0.1, 0.15) is 27.2 Å². The molecular formula is C9H16O2. The van der Waals surface area contributed by atoms with Gasteiger partial charge in [-0.3, -0.25) is 0 Å². The second-order valence-electron chi connectivity index (χ2n) is 2.89. The molecule has 0 saturated carbocycles. The van der Waals surface area contributed by atoms with Gasteiger partial charge in [0.1, 0.15) is 0 Å². The zero-order valence-electron chi connectivity index (χ0n) is 7.52. The summed E-state index contributed by atoms with van der Waals surface area (Å²) < 4.78 is 4.92. The fourth-order valence-electron chi connectivity index (χ4n) is 0.459. The van der Waals surface area contributed by atoms with Gasteiger partial charge < -0.3 is 4.74 Å². The van der Waals surface area contributed by atoms with Crippen molar-refractivity contribution in [3.63, 3.8) is 0 Å². The number of ether oxygens (including phenoxy) is 1. The topological polar surface area (TPSA) is 26.3 Å². The van der Waals surface area contributed by atoms with Crippen LogP contribution in [0.15, 0.2) is 12.2 Å². The fourth-order valence-corrected chi connectivity index (χ4v) is 0.459. The molecule has 0 spiro atoms. The molecule has 0 fully saturated rings. The molecule has 2 heteroatoms. The Morgan fingerprint density at radius 1 is 1.64 bits per heavy atom. The Balaban J connectivity index is 3.54. The third-order valence-electron chi connectivity index (χ3n) is 1.54. The summed E-state index contributed by atoms with van der Waals surface area (Å²) in [5, 5.41) is 0. The molecule has 0 aromatic rings. The van der Waals surface area contributed by atoms with Gasteiger partial charge in [0.15, 0.2) is 0 Å². The molecule has 0 saturated heterocycles. The number of rotatable bonds is 4. The van der Waals surface area contributed by atoms with Crippen molar-refractivity contribution in [2.45, 2.75) is 27.2 Å². The average molecular weight is 156 g/mol. The zero-order chi connectivity index (χ0) is 8.85. The summed E-state index contributed by atoms with van der Waals surface area (Å²) in [6, 6.07) is 0. The number of hydrogen-bond donors (Lipinski definition) is 0. The van der Waals surface area contributed by atoms with Gasteiger partial charge in [0.25, 0.3) is 0 Å². The van der Waals surface area contributed by atoms with E-state index in [1.807, 2.05) is 6.92 Å². The minimum atomic E-state index is -0.287. The van der Waals surface area contributed by atoms with Crippen LogP contribution in [0.5, 0.6) is 0 Å². The van der Waals surface area contributed by atoms with Gasteiger partial charge in [-0.15, -0.1) is 0 Å². The standard InChI is InChI=1S/C9H16O2/c1-5-8(4)6-11-9(10)7(2)3/h8H,2,5-6H2,1,3-4H3. The Morgan fingerprint density at radius 3 is 2.55 bits per heavy atom. The summed E-state index contributed by atoms with van der Waals surface area (Å²) in [5.41, 5.74) is 0.466. The first-order valence-corrected chi connectivity index (χ1v) is 3.90. The lowest BCUT2D eigenvalue weighted by molar-refractivity contribution is -0.140. The highest BCUT2D eigenvalue weighted by Gasteiger charge is 2.05. The first-order valence-electron chi connectivity index (χ1n) is 3.90. The van der Waals surface area contributed by atoms with Crippen LogP contribution in [0.4, 0.5) is 0 Å². The quantitative estimate of drug-likeness (QED) is 0.460. The van der Waals surface area contributed by atoms with Gasteiger partial charge in [0.05, 0.1) is 6.61 Å². The van der Waals surface area contributed by atoms with E-state index in [0.29, 0.717) is 18.1 Å². The predicted octanol–water partition coefficient (Wildman–Crippen LogP) is 2.15. The first kappa shape index (κ1) is 10.2. The molecule has 0 bridgehead atoms. The molecule has 0 amide bonds. The molecule has 0 aromatic carbocycles. The van der Waals surface area contributed by atoms with Gasteiger partial charge in [-0.05, 0) is 12.8 Å². The van der Waals surface area contributed by atoms with Crippen LogP contribution in [0.3, 0.4) is 0 Å². The van der Waals surface area contributed by atoms with Crippen molar-refractivity contribution in [3.8, 4) is 0 Å². The van der Waals surface area contributed by atoms with Crippen molar-refractivity contribution < 1.29 is 9.53 Å². The molecule has 0 aliphatic carbocycles. The molecule has 0 heterocycles. The van der Waals surface area contributed by atoms with Gasteiger partial charge in [-0.1, -0.05) is 26.8 Å². The van der Waals surface area contributed by atoms with Crippen LogP contribution in [0, 0.1) is 5.92 Å². The van der Waals surface area contributed by atoms with E-state index >= 15 is 0 Å². The summed E-state index contributed by atoms with van der Waals surface area (Å²) in [6.07, 6.45) is 1.03. The summed E-state index contributed by atoms with van der Waals surface area (Å²) in [7, 11) is 0. The Hall–Kier alpha value is -0.790. The van der Waals surface area contributed by atoms with E-state index in [1.165, 1.54) is 0 Å². The van der Waals surface area contributed by atoms with Crippen molar-refractivity contribution in [1.82, 2.24) is 0 Å². The molecule has 0 aromatic heterocycles. The molecule has 64 valence electrons. The number of esters is 1. The Kier molecular flexibility index (Phi) is 4.59. The van der Waals surface area contributed by atoms with Gasteiger partial charge in [-0.25, -0.2) is 4.79 Å². The predicted molar refractivity (Wildman–Crippen MR) is 45.2 cm³/mol. The number of hydrogen-bond acceptors (Lipinski definition) is 2. The van der Waals surface area contributed by atoms with Crippen LogP contribution < -0.4 is 0 Å². The second kappa shape index (κ2) is 4.94. The first-order chi connectivity index (χ1) is 5.07. The highest BCUT2D eigenvalue weighted by Crippen LogP contribution is 2.02. The maximum absolute atomic E-state index is 10.8. The maximum atomic E-state index is 10.8. The van der Waals surface area contributed by atoms with Gasteiger partial charge in [-0.2, -0.15) is 0 Å². The summed E-state index contributed by atoms with van der Waals surface area (Å²) in [4.78, 5) is 10.8. The number of carbonyl (C=O) groups is 1. The SMILES string of the molecule is C=C(C)C(=O)OCC(C)CC. The molecule has 1 atom stereocenters. The molecule has 1 unspecified atom stereocenters. The van der Waals surface area contributed by atoms with Gasteiger partial charge in [0, 0.05) is 5.57 Å². The van der Waals surface area contributed by atoms with Crippen molar-refractivity contribution in [2.24, 2.45) is 5.92 Å². The van der Waals surface area contributed by atoms with Crippen LogP contribution in [-0.4, -0.2) is 12.6 Å². The highest BCUT2D eigenvalue weighted by atomic mass is 16.5. The van der Waals surface area contributed by atoms with Crippen LogP contribution in [0.25, 0.3) is 0 Å². The third kappa shape index (κ3) is 4.59. The van der Waals surface area contributed by atoms with Crippen LogP contribution in [0.2, 0.25) is 0 Å². The maximum Gasteiger partial charge on any atom is 0.333 e. The lowest BCUT2D eigenvalue weighted by Gasteiger charge is -2.08. The number of carbonyl (C=O) groups excluding carboxylic acids is 1. The van der Waals surface area contributed by atoms with E-state index in [2.05, 4.69) is 13.5 Å². The van der Waals surface area contributed by atoms with Crippen molar-refractivity contribution in [1.29, 1.82) is 0 Å². The van der Waals surface area contributed by atoms with E-state index in [9.17, 15) is 4.79 Å². The van der Waals surface area contributed by atoms with E-state index in [-0.39, 0.29) is 5.97 Å². The summed E-state index contributed by atoms with van der Waals surface area (Å²) in [6.45, 7) is 9.75. The Labute approximate surface area is 68.2 Å². The minimum Gasteiger partial charge on any atom is -0.462 e. The molecule has 0 rings (SSSR count). The second-order valence-corrected chi connectivity index (χ2v) is 2.89. The lowest BCUT2D eigenvalue weighted by atomic mass is 10.1. The van der Waals surface area contributed by atoms with E-state index in [1.54, 1.807) is 6.92 Å². The van der Waals surface area contributed by atoms with Crippen molar-refractivity contribution in [2.75, 3.05) is 6.61 Å². The average Bonchev–Trinajstić information content (AvgIpc) is 1.99. The summed E-state index contributed by atoms with van der Waals surface area (Å²) in [5.74, 6) is 0.156. The third-order valence-corrected chi connectivity index (χ3v) is 1.54. The molecule has 0 radical (unpaired) electrons. The van der Waals surface area contributed by atoms with Crippen molar-refractivity contribution >= 4 is 5.97 Å². The van der Waals surface area contributed by atoms with Crippen LogP contribution >= 0.6 is 0 Å². The van der Waals surface area contributed by atoms with Gasteiger partial charge >= 0.3 is 5.97 Å². The summed E-state index contributed by atoms with van der Waals surface area (Å²) >= 11 is 0. The Morgan fingerprint density at radius 2 is 2.18 bits per heavy atom. The zero-order valence-corrected chi connectivity index (χ0v) is 7.52. The molecule has 0 N–H and O–H groups in total. The highest BCUT2D eigenvalue weighted by molar-refractivity contribution is 5.86. The minimum absolute atomic E-state index is 0.287. The normalized spacial score (nSPS) is 12.3. The molecule has 0 aliphatic rings. The molecule has 11 heavy (non-hydrogen) atoms. The van der Waals surface area contributed by atoms with E-state index < -0.39 is 0 Å². The fraction of sp³-hybridized carbons (Fsp3) is 0.667. The largest absolute Gasteiger partial charge is 0.462 e. The van der Waals surface area contributed by atoms with Crippen molar-refractivity contribution in [3.05, 3.63) is 12.2 Å². The lowest BCUT2D eigenvalue weighted by Crippen LogP contribution is -2.11. The van der Waals surface area contributed by atoms with E-state index in [4.69, 9.17) is 4.74 Å². The monoisotopic (exact) mass is 156 g/mol. The Bertz CT molecular complexity index is 150. The smallest absolute Gasteiger partial charge is 0.333 e. The van der Waals surface area contributed by atoms with Gasteiger partial charge in [0.2, 0.25) is 0 Å².